The average Bonchev–Trinajstić information content (AvgIpc) is 2.99. The number of hydrogen-bond donors (Lipinski definition) is 2. The Kier molecular flexibility index (Phi) is 10.2. The second-order valence-electron chi connectivity index (χ2n) is 9.61. The Morgan fingerprint density at radius 2 is 1.81 bits per heavy atom. The van der Waals surface area contributed by atoms with Gasteiger partial charge in [0.15, 0.2) is 5.75 Å². The van der Waals surface area contributed by atoms with E-state index < -0.39 is 28.9 Å². The van der Waals surface area contributed by atoms with Crippen molar-refractivity contribution < 1.29 is 28.6 Å². The highest BCUT2D eigenvalue weighted by Crippen LogP contribution is 2.26. The highest BCUT2D eigenvalue weighted by Gasteiger charge is 2.24. The van der Waals surface area contributed by atoms with Crippen LogP contribution in [0.3, 0.4) is 0 Å². The fourth-order valence-corrected chi connectivity index (χ4v) is 4.35. The summed E-state index contributed by atoms with van der Waals surface area (Å²) in [5, 5.41) is 13.6. The van der Waals surface area contributed by atoms with Gasteiger partial charge in [-0.25, -0.2) is 9.18 Å². The molecule has 220 valence electrons. The van der Waals surface area contributed by atoms with E-state index in [0.717, 1.165) is 11.1 Å². The maximum Gasteiger partial charge on any atom is 0.409 e. The second-order valence-corrected chi connectivity index (χ2v) is 9.61. The Bertz CT molecular complexity index is 1590. The number of halogens is 1. The van der Waals surface area contributed by atoms with Gasteiger partial charge in [0.2, 0.25) is 0 Å². The molecule has 4 rings (SSSR count). The van der Waals surface area contributed by atoms with Crippen LogP contribution in [-0.2, 0) is 29.0 Å². The van der Waals surface area contributed by atoms with Crippen LogP contribution in [0.25, 0.3) is 11.0 Å². The number of carbonyl (C=O) groups excluding carboxylic acids is 2. The summed E-state index contributed by atoms with van der Waals surface area (Å²) in [6, 6.07) is 16.9. The first-order valence-electron chi connectivity index (χ1n) is 13.5. The molecule has 4 aromatic rings. The zero-order valence-corrected chi connectivity index (χ0v) is 23.5. The summed E-state index contributed by atoms with van der Waals surface area (Å²) in [6.07, 6.45) is 1.34. The Morgan fingerprint density at radius 1 is 1.07 bits per heavy atom. The summed E-state index contributed by atoms with van der Waals surface area (Å²) in [4.78, 5) is 44.9. The monoisotopic (exact) mass is 576 g/mol. The second kappa shape index (κ2) is 14.2. The van der Waals surface area contributed by atoms with E-state index in [-0.39, 0.29) is 49.7 Å². The van der Waals surface area contributed by atoms with Crippen molar-refractivity contribution in [2.75, 3.05) is 33.4 Å². The standard InChI is InChI=1S/C31H33FN4O6/c1-3-41-16-13-33-29(38)26-28(37)27-25(18-23(19-34-27)17-21-9-11-24(32)12-10-21)36(30(26)39)15-14-35(2)31(40)42-20-22-7-5-4-6-8-22/h4-12,18-19,37H,3,13-17,20H2,1-2H3,(H,33,38). The number of nitrogens with one attached hydrogen (secondary N) is 1. The summed E-state index contributed by atoms with van der Waals surface area (Å²) in [7, 11) is 1.54. The van der Waals surface area contributed by atoms with Crippen molar-refractivity contribution in [1.82, 2.24) is 19.8 Å². The zero-order valence-electron chi connectivity index (χ0n) is 23.5. The summed E-state index contributed by atoms with van der Waals surface area (Å²) in [6.45, 7) is 2.83. The molecule has 0 unspecified atom stereocenters. The summed E-state index contributed by atoms with van der Waals surface area (Å²) >= 11 is 0. The number of benzene rings is 2. The molecule has 0 bridgehead atoms. The third-order valence-electron chi connectivity index (χ3n) is 6.60. The van der Waals surface area contributed by atoms with Gasteiger partial charge in [-0.15, -0.1) is 0 Å². The van der Waals surface area contributed by atoms with Crippen molar-refractivity contribution >= 4 is 23.0 Å². The van der Waals surface area contributed by atoms with Crippen molar-refractivity contribution in [3.63, 3.8) is 0 Å². The first kappa shape index (κ1) is 30.2. The van der Waals surface area contributed by atoms with Crippen LogP contribution in [0.4, 0.5) is 9.18 Å². The lowest BCUT2D eigenvalue weighted by atomic mass is 10.1. The van der Waals surface area contributed by atoms with Gasteiger partial charge in [-0.1, -0.05) is 42.5 Å². The van der Waals surface area contributed by atoms with E-state index in [0.29, 0.717) is 18.6 Å². The summed E-state index contributed by atoms with van der Waals surface area (Å²) in [5.41, 5.74) is 1.51. The molecule has 2 aromatic heterocycles. The molecule has 0 atom stereocenters. The maximum absolute atomic E-state index is 13.6. The highest BCUT2D eigenvalue weighted by atomic mass is 19.1. The Morgan fingerprint density at radius 3 is 2.52 bits per heavy atom. The fraction of sp³-hybridized carbons (Fsp3) is 0.290. The zero-order chi connectivity index (χ0) is 30.1. The Hall–Kier alpha value is -4.77. The minimum absolute atomic E-state index is 0.00649. The number of hydrogen-bond acceptors (Lipinski definition) is 7. The molecule has 0 aliphatic carbocycles. The number of rotatable bonds is 12. The number of likely N-dealkylation sites (N-methyl/N-ethyl adjacent to an activating group) is 1. The molecule has 0 saturated heterocycles. The van der Waals surface area contributed by atoms with Gasteiger partial charge < -0.3 is 29.4 Å². The quantitative estimate of drug-likeness (QED) is 0.246. The van der Waals surface area contributed by atoms with Crippen LogP contribution in [-0.4, -0.2) is 64.9 Å². The molecule has 42 heavy (non-hydrogen) atoms. The van der Waals surface area contributed by atoms with E-state index in [9.17, 15) is 23.9 Å². The number of nitrogens with zero attached hydrogens (tertiary/aromatic N) is 3. The number of ether oxygens (including phenoxy) is 2. The molecule has 0 spiro atoms. The topological polar surface area (TPSA) is 123 Å². The molecule has 0 radical (unpaired) electrons. The normalized spacial score (nSPS) is 10.9. The van der Waals surface area contributed by atoms with Crippen LogP contribution < -0.4 is 10.9 Å². The molecule has 11 heteroatoms. The van der Waals surface area contributed by atoms with Crippen LogP contribution in [0.1, 0.15) is 34.0 Å². The molecule has 0 aliphatic rings. The van der Waals surface area contributed by atoms with Gasteiger partial charge in [-0.05, 0) is 48.2 Å². The SMILES string of the molecule is CCOCCNC(=O)c1c(O)c2ncc(Cc3ccc(F)cc3)cc2n(CCN(C)C(=O)OCc2ccccc2)c1=O. The van der Waals surface area contributed by atoms with Crippen molar-refractivity contribution in [1.29, 1.82) is 0 Å². The fourth-order valence-electron chi connectivity index (χ4n) is 4.35. The predicted octanol–water partition coefficient (Wildman–Crippen LogP) is 3.87. The largest absolute Gasteiger partial charge is 0.505 e. The molecule has 2 heterocycles. The Balaban J connectivity index is 1.63. The van der Waals surface area contributed by atoms with Crippen LogP contribution >= 0.6 is 0 Å². The lowest BCUT2D eigenvalue weighted by molar-refractivity contribution is 0.0916. The molecule has 0 aliphatic heterocycles. The summed E-state index contributed by atoms with van der Waals surface area (Å²) < 4.78 is 25.3. The lowest BCUT2D eigenvalue weighted by Crippen LogP contribution is -2.37. The van der Waals surface area contributed by atoms with E-state index in [1.165, 1.54) is 27.8 Å². The number of aromatic nitrogens is 2. The number of amides is 2. The summed E-state index contributed by atoms with van der Waals surface area (Å²) in [5.74, 6) is -1.66. The van der Waals surface area contributed by atoms with Gasteiger partial charge in [0.1, 0.15) is 23.5 Å². The van der Waals surface area contributed by atoms with Crippen molar-refractivity contribution in [3.05, 3.63) is 105 Å². The van der Waals surface area contributed by atoms with Crippen molar-refractivity contribution in [2.45, 2.75) is 26.5 Å². The molecular weight excluding hydrogens is 543 g/mol. The van der Waals surface area contributed by atoms with Gasteiger partial charge in [0.05, 0.1) is 12.1 Å². The molecular formula is C31H33FN4O6. The minimum atomic E-state index is -0.763. The number of carbonyl (C=O) groups is 2. The van der Waals surface area contributed by atoms with Crippen LogP contribution in [0.15, 0.2) is 71.7 Å². The molecule has 2 N–H and O–H groups in total. The Labute approximate surface area is 242 Å². The average molecular weight is 577 g/mol. The van der Waals surface area contributed by atoms with Gasteiger partial charge in [0.25, 0.3) is 11.5 Å². The molecule has 0 fully saturated rings. The van der Waals surface area contributed by atoms with Crippen LogP contribution in [0, 0.1) is 5.82 Å². The first-order chi connectivity index (χ1) is 20.3. The van der Waals surface area contributed by atoms with Crippen molar-refractivity contribution in [3.8, 4) is 5.75 Å². The van der Waals surface area contributed by atoms with E-state index in [1.807, 2.05) is 37.3 Å². The van der Waals surface area contributed by atoms with E-state index in [4.69, 9.17) is 9.47 Å². The highest BCUT2D eigenvalue weighted by molar-refractivity contribution is 6.01. The molecule has 0 saturated carbocycles. The van der Waals surface area contributed by atoms with E-state index in [1.54, 1.807) is 25.2 Å². The maximum atomic E-state index is 13.6. The van der Waals surface area contributed by atoms with E-state index in [2.05, 4.69) is 10.3 Å². The van der Waals surface area contributed by atoms with E-state index >= 15 is 0 Å². The smallest absolute Gasteiger partial charge is 0.409 e. The number of aromatic hydroxyl groups is 1. The first-order valence-corrected chi connectivity index (χ1v) is 13.5. The third kappa shape index (κ3) is 7.49. The van der Waals surface area contributed by atoms with Gasteiger partial charge in [0, 0.05) is 39.5 Å². The van der Waals surface area contributed by atoms with Crippen molar-refractivity contribution in [2.24, 2.45) is 0 Å². The number of pyridine rings is 2. The van der Waals surface area contributed by atoms with Crippen LogP contribution in [0.2, 0.25) is 0 Å². The van der Waals surface area contributed by atoms with Gasteiger partial charge in [-0.2, -0.15) is 0 Å². The lowest BCUT2D eigenvalue weighted by Gasteiger charge is -2.20. The molecule has 2 aromatic carbocycles. The van der Waals surface area contributed by atoms with Gasteiger partial charge >= 0.3 is 6.09 Å². The molecule has 10 nitrogen and oxygen atoms in total. The van der Waals surface area contributed by atoms with Crippen LogP contribution in [0.5, 0.6) is 5.75 Å². The molecule has 2 amide bonds. The predicted molar refractivity (Wildman–Crippen MR) is 155 cm³/mol. The minimum Gasteiger partial charge on any atom is -0.505 e. The van der Waals surface area contributed by atoms with Gasteiger partial charge in [-0.3, -0.25) is 14.6 Å². The third-order valence-corrected chi connectivity index (χ3v) is 6.60. The number of fused-ring (bicyclic) bond motifs is 1.